The molecular formula is C18H13Br2N3O. The molecule has 3 aromatic rings. The zero-order valence-electron chi connectivity index (χ0n) is 12.5. The number of carbonyl (C=O) groups excluding carboxylic acids is 1. The fourth-order valence-electron chi connectivity index (χ4n) is 2.81. The largest absolute Gasteiger partial charge is 0.347 e. The molecule has 4 rings (SSSR count). The number of carbonyl (C=O) groups is 1. The van der Waals surface area contributed by atoms with Crippen molar-refractivity contribution in [3.8, 4) is 0 Å². The van der Waals surface area contributed by atoms with Crippen molar-refractivity contribution >= 4 is 48.7 Å². The molecular weight excluding hydrogens is 434 g/mol. The van der Waals surface area contributed by atoms with E-state index in [0.29, 0.717) is 11.6 Å². The molecule has 1 fully saturated rings. The van der Waals surface area contributed by atoms with Crippen LogP contribution in [0.25, 0.3) is 10.9 Å². The van der Waals surface area contributed by atoms with Crippen LogP contribution in [0.4, 0.5) is 0 Å². The molecule has 1 saturated carbocycles. The van der Waals surface area contributed by atoms with Crippen molar-refractivity contribution in [1.82, 2.24) is 15.3 Å². The molecule has 0 bridgehead atoms. The van der Waals surface area contributed by atoms with Gasteiger partial charge in [-0.25, -0.2) is 4.98 Å². The number of hydrogen-bond donors (Lipinski definition) is 1. The Morgan fingerprint density at radius 1 is 1.08 bits per heavy atom. The highest BCUT2D eigenvalue weighted by Gasteiger charge is 2.39. The predicted molar refractivity (Wildman–Crippen MR) is 100.0 cm³/mol. The molecule has 1 aliphatic rings. The number of hydrogen-bond acceptors (Lipinski definition) is 3. The molecule has 0 unspecified atom stereocenters. The third kappa shape index (κ3) is 3.08. The zero-order valence-corrected chi connectivity index (χ0v) is 15.7. The van der Waals surface area contributed by atoms with Crippen LogP contribution in [-0.4, -0.2) is 21.9 Å². The number of nitrogens with one attached hydrogen (secondary N) is 1. The minimum absolute atomic E-state index is 0.134. The van der Waals surface area contributed by atoms with E-state index in [0.717, 1.165) is 26.3 Å². The number of rotatable bonds is 3. The van der Waals surface area contributed by atoms with E-state index in [1.54, 1.807) is 18.5 Å². The Balaban J connectivity index is 1.49. The van der Waals surface area contributed by atoms with E-state index in [1.165, 1.54) is 5.56 Å². The topological polar surface area (TPSA) is 54.9 Å². The first-order valence-corrected chi connectivity index (χ1v) is 9.17. The number of nitrogens with zero attached hydrogens (tertiary/aromatic N) is 2. The third-order valence-corrected chi connectivity index (χ3v) is 5.30. The molecule has 1 aliphatic carbocycles. The Hall–Kier alpha value is -1.79. The van der Waals surface area contributed by atoms with Crippen LogP contribution in [0, 0.1) is 0 Å². The van der Waals surface area contributed by atoms with Crippen molar-refractivity contribution in [3.05, 3.63) is 69.0 Å². The Morgan fingerprint density at radius 2 is 1.88 bits per heavy atom. The van der Waals surface area contributed by atoms with Gasteiger partial charge in [-0.05, 0) is 52.2 Å². The third-order valence-electron chi connectivity index (χ3n) is 4.19. The Morgan fingerprint density at radius 3 is 2.67 bits per heavy atom. The fourth-order valence-corrected chi connectivity index (χ4v) is 3.51. The summed E-state index contributed by atoms with van der Waals surface area (Å²) in [5.41, 5.74) is 2.43. The van der Waals surface area contributed by atoms with Gasteiger partial charge in [-0.15, -0.1) is 0 Å². The van der Waals surface area contributed by atoms with Crippen molar-refractivity contribution in [3.63, 3.8) is 0 Å². The summed E-state index contributed by atoms with van der Waals surface area (Å²) in [7, 11) is 0. The van der Waals surface area contributed by atoms with Gasteiger partial charge in [0.25, 0.3) is 5.91 Å². The summed E-state index contributed by atoms with van der Waals surface area (Å²) in [4.78, 5) is 21.0. The van der Waals surface area contributed by atoms with Gasteiger partial charge in [0, 0.05) is 34.2 Å². The summed E-state index contributed by atoms with van der Waals surface area (Å²) in [5.74, 6) is 0.253. The van der Waals surface area contributed by atoms with Gasteiger partial charge in [0.15, 0.2) is 0 Å². The quantitative estimate of drug-likeness (QED) is 0.646. The maximum atomic E-state index is 12.5. The second-order valence-corrected chi connectivity index (χ2v) is 7.63. The highest BCUT2D eigenvalue weighted by Crippen LogP contribution is 2.41. The van der Waals surface area contributed by atoms with Crippen LogP contribution < -0.4 is 5.32 Å². The number of halogens is 2. The lowest BCUT2D eigenvalue weighted by atomic mass is 10.1. The number of fused-ring (bicyclic) bond motifs is 1. The normalized spacial score (nSPS) is 19.2. The summed E-state index contributed by atoms with van der Waals surface area (Å²) in [6.45, 7) is 0. The molecule has 0 radical (unpaired) electrons. The monoisotopic (exact) mass is 445 g/mol. The molecule has 0 spiro atoms. The summed E-state index contributed by atoms with van der Waals surface area (Å²) in [5, 5.41) is 3.98. The molecule has 1 N–H and O–H groups in total. The first-order valence-electron chi connectivity index (χ1n) is 7.58. The van der Waals surface area contributed by atoms with Crippen LogP contribution in [0.1, 0.15) is 28.4 Å². The highest BCUT2D eigenvalue weighted by molar-refractivity contribution is 9.11. The van der Waals surface area contributed by atoms with E-state index in [-0.39, 0.29) is 11.9 Å². The predicted octanol–water partition coefficient (Wildman–Crippen LogP) is 4.44. The molecule has 24 heavy (non-hydrogen) atoms. The van der Waals surface area contributed by atoms with Gasteiger partial charge in [0.2, 0.25) is 0 Å². The van der Waals surface area contributed by atoms with Gasteiger partial charge in [0.1, 0.15) is 5.69 Å². The highest BCUT2D eigenvalue weighted by atomic mass is 79.9. The number of amides is 1. The first kappa shape index (κ1) is 15.7. The van der Waals surface area contributed by atoms with Gasteiger partial charge in [-0.2, -0.15) is 0 Å². The van der Waals surface area contributed by atoms with Crippen LogP contribution in [0.3, 0.4) is 0 Å². The van der Waals surface area contributed by atoms with Crippen molar-refractivity contribution < 1.29 is 4.79 Å². The maximum absolute atomic E-state index is 12.5. The molecule has 0 saturated heterocycles. The average Bonchev–Trinajstić information content (AvgIpc) is 3.34. The summed E-state index contributed by atoms with van der Waals surface area (Å²) < 4.78 is 1.85. The van der Waals surface area contributed by atoms with Crippen molar-refractivity contribution in [2.75, 3.05) is 0 Å². The van der Waals surface area contributed by atoms with Crippen molar-refractivity contribution in [1.29, 1.82) is 0 Å². The smallest absolute Gasteiger partial charge is 0.270 e. The second-order valence-electron chi connectivity index (χ2n) is 5.86. The molecule has 2 heterocycles. The molecule has 120 valence electrons. The van der Waals surface area contributed by atoms with Gasteiger partial charge in [-0.1, -0.05) is 28.1 Å². The Kier molecular flexibility index (Phi) is 4.10. The zero-order chi connectivity index (χ0) is 16.7. The van der Waals surface area contributed by atoms with E-state index in [9.17, 15) is 4.79 Å². The SMILES string of the molecule is O=C(N[C@@H]1C[C@H]1c1ccc(Br)cc1)c1ccc2cncc(Br)c2n1. The standard InChI is InChI=1S/C18H13Br2N3O/c19-12-4-1-10(2-5-12)13-7-16(13)23-18(24)15-6-3-11-8-21-9-14(20)17(11)22-15/h1-6,8-9,13,16H,7H2,(H,23,24)/t13-,16+/m0/s1. The van der Waals surface area contributed by atoms with Gasteiger partial charge in [0.05, 0.1) is 9.99 Å². The van der Waals surface area contributed by atoms with Crippen LogP contribution >= 0.6 is 31.9 Å². The summed E-state index contributed by atoms with van der Waals surface area (Å²) in [6, 6.07) is 12.0. The van der Waals surface area contributed by atoms with E-state index < -0.39 is 0 Å². The van der Waals surface area contributed by atoms with Gasteiger partial charge < -0.3 is 5.32 Å². The molecule has 1 aromatic carbocycles. The minimum atomic E-state index is -0.134. The van der Waals surface area contributed by atoms with E-state index in [1.807, 2.05) is 18.2 Å². The molecule has 6 heteroatoms. The van der Waals surface area contributed by atoms with E-state index in [4.69, 9.17) is 0 Å². The molecule has 2 atom stereocenters. The van der Waals surface area contributed by atoms with Crippen molar-refractivity contribution in [2.24, 2.45) is 0 Å². The lowest BCUT2D eigenvalue weighted by Crippen LogP contribution is -2.27. The molecule has 4 nitrogen and oxygen atoms in total. The minimum Gasteiger partial charge on any atom is -0.347 e. The molecule has 1 amide bonds. The molecule has 2 aromatic heterocycles. The lowest BCUT2D eigenvalue weighted by Gasteiger charge is -2.06. The Bertz CT molecular complexity index is 927. The number of aromatic nitrogens is 2. The molecule has 0 aliphatic heterocycles. The van der Waals surface area contributed by atoms with Crippen LogP contribution in [0.5, 0.6) is 0 Å². The van der Waals surface area contributed by atoms with Crippen LogP contribution in [0.15, 0.2) is 57.7 Å². The Labute approximate surface area is 156 Å². The van der Waals surface area contributed by atoms with Gasteiger partial charge >= 0.3 is 0 Å². The lowest BCUT2D eigenvalue weighted by molar-refractivity contribution is 0.0945. The fraction of sp³-hybridized carbons (Fsp3) is 0.167. The summed E-state index contributed by atoms with van der Waals surface area (Å²) >= 11 is 6.87. The van der Waals surface area contributed by atoms with Crippen molar-refractivity contribution in [2.45, 2.75) is 18.4 Å². The van der Waals surface area contributed by atoms with E-state index in [2.05, 4.69) is 59.3 Å². The number of benzene rings is 1. The second kappa shape index (κ2) is 6.26. The average molecular weight is 447 g/mol. The first-order chi connectivity index (χ1) is 11.6. The number of pyridine rings is 2. The van der Waals surface area contributed by atoms with Gasteiger partial charge in [-0.3, -0.25) is 9.78 Å². The summed E-state index contributed by atoms with van der Waals surface area (Å²) in [6.07, 6.45) is 4.38. The van der Waals surface area contributed by atoms with Crippen LogP contribution in [0.2, 0.25) is 0 Å². The van der Waals surface area contributed by atoms with E-state index >= 15 is 0 Å². The maximum Gasteiger partial charge on any atom is 0.270 e. The van der Waals surface area contributed by atoms with Crippen LogP contribution in [-0.2, 0) is 0 Å².